The molecule has 0 spiro atoms. The van der Waals surface area contributed by atoms with Crippen LogP contribution in [0.15, 0.2) is 6.20 Å². The van der Waals surface area contributed by atoms with Gasteiger partial charge in [-0.15, -0.1) is 0 Å². The van der Waals surface area contributed by atoms with Crippen molar-refractivity contribution >= 4 is 21.6 Å². The quantitative estimate of drug-likeness (QED) is 0.843. The van der Waals surface area contributed by atoms with Gasteiger partial charge in [-0.05, 0) is 6.42 Å². The van der Waals surface area contributed by atoms with Crippen LogP contribution in [0.2, 0.25) is 0 Å². The lowest BCUT2D eigenvalue weighted by atomic mass is 10.3. The van der Waals surface area contributed by atoms with Gasteiger partial charge in [0.25, 0.3) is 0 Å². The molecule has 2 fully saturated rings. The van der Waals surface area contributed by atoms with Crippen molar-refractivity contribution in [2.24, 2.45) is 0 Å². The molecule has 1 atom stereocenters. The van der Waals surface area contributed by atoms with Gasteiger partial charge in [-0.2, -0.15) is 4.98 Å². The fourth-order valence-electron chi connectivity index (χ4n) is 2.52. The number of halogens is 1. The number of aromatic nitrogens is 2. The summed E-state index contributed by atoms with van der Waals surface area (Å²) in [5.74, 6) is 0.251. The van der Waals surface area contributed by atoms with Gasteiger partial charge >= 0.3 is 0 Å². The van der Waals surface area contributed by atoms with Gasteiger partial charge in [0.1, 0.15) is 0 Å². The van der Waals surface area contributed by atoms with Crippen LogP contribution in [0.3, 0.4) is 0 Å². The van der Waals surface area contributed by atoms with E-state index < -0.39 is 15.7 Å². The van der Waals surface area contributed by atoms with Crippen LogP contribution in [0.4, 0.5) is 16.2 Å². The van der Waals surface area contributed by atoms with E-state index in [2.05, 4.69) is 15.3 Å². The molecule has 21 heavy (non-hydrogen) atoms. The Morgan fingerprint density at radius 1 is 1.38 bits per heavy atom. The van der Waals surface area contributed by atoms with Gasteiger partial charge in [0, 0.05) is 19.1 Å². The van der Waals surface area contributed by atoms with Crippen LogP contribution >= 0.6 is 0 Å². The van der Waals surface area contributed by atoms with Crippen molar-refractivity contribution in [3.8, 4) is 0 Å². The standard InChI is InChI=1S/C12H17FN4O3S/c13-10-7-14-12(15-9-1-6-21(18,19)8-9)16-11(10)17-2-4-20-5-3-17/h7,9H,1-6,8H2,(H,14,15,16)/t9-/m0/s1. The van der Waals surface area contributed by atoms with E-state index in [9.17, 15) is 12.8 Å². The minimum absolute atomic E-state index is 0.0701. The zero-order valence-electron chi connectivity index (χ0n) is 11.5. The van der Waals surface area contributed by atoms with Crippen LogP contribution < -0.4 is 10.2 Å². The van der Waals surface area contributed by atoms with Crippen LogP contribution in [-0.2, 0) is 14.6 Å². The zero-order valence-corrected chi connectivity index (χ0v) is 12.3. The highest BCUT2D eigenvalue weighted by Crippen LogP contribution is 2.20. The summed E-state index contributed by atoms with van der Waals surface area (Å²) in [6.07, 6.45) is 1.64. The van der Waals surface area contributed by atoms with Crippen molar-refractivity contribution in [3.05, 3.63) is 12.0 Å². The summed E-state index contributed by atoms with van der Waals surface area (Å²) in [6.45, 7) is 2.22. The molecule has 0 aromatic carbocycles. The molecule has 3 rings (SSSR count). The number of anilines is 2. The molecule has 3 heterocycles. The Labute approximate surface area is 122 Å². The van der Waals surface area contributed by atoms with E-state index in [0.29, 0.717) is 32.7 Å². The summed E-state index contributed by atoms with van der Waals surface area (Å²) in [5.41, 5.74) is 0. The van der Waals surface area contributed by atoms with Crippen molar-refractivity contribution in [2.45, 2.75) is 12.5 Å². The highest BCUT2D eigenvalue weighted by molar-refractivity contribution is 7.91. The Kier molecular flexibility index (Phi) is 3.94. The van der Waals surface area contributed by atoms with Gasteiger partial charge in [0.2, 0.25) is 5.95 Å². The summed E-state index contributed by atoms with van der Waals surface area (Å²) in [4.78, 5) is 9.88. The first-order valence-corrected chi connectivity index (χ1v) is 8.68. The molecule has 0 unspecified atom stereocenters. The predicted octanol–water partition coefficient (Wildman–Crippen LogP) is 0.0513. The first kappa shape index (κ1) is 14.5. The van der Waals surface area contributed by atoms with Gasteiger partial charge in [-0.25, -0.2) is 17.8 Å². The summed E-state index contributed by atoms with van der Waals surface area (Å²) >= 11 is 0. The molecule has 9 heteroatoms. The average molecular weight is 316 g/mol. The summed E-state index contributed by atoms with van der Waals surface area (Å²) in [5, 5.41) is 2.98. The Morgan fingerprint density at radius 2 is 2.14 bits per heavy atom. The lowest BCUT2D eigenvalue weighted by Crippen LogP contribution is -2.37. The van der Waals surface area contributed by atoms with E-state index in [1.165, 1.54) is 0 Å². The summed E-state index contributed by atoms with van der Waals surface area (Å²) in [6, 6.07) is -0.210. The smallest absolute Gasteiger partial charge is 0.225 e. The van der Waals surface area contributed by atoms with E-state index in [1.807, 2.05) is 0 Å². The first-order valence-electron chi connectivity index (χ1n) is 6.86. The molecule has 0 saturated carbocycles. The van der Waals surface area contributed by atoms with E-state index >= 15 is 0 Å². The van der Waals surface area contributed by atoms with Crippen LogP contribution in [0.1, 0.15) is 6.42 Å². The lowest BCUT2D eigenvalue weighted by Gasteiger charge is -2.28. The van der Waals surface area contributed by atoms with E-state index in [-0.39, 0.29) is 29.3 Å². The van der Waals surface area contributed by atoms with Crippen molar-refractivity contribution in [3.63, 3.8) is 0 Å². The number of morpholine rings is 1. The average Bonchev–Trinajstić information content (AvgIpc) is 2.81. The van der Waals surface area contributed by atoms with Gasteiger partial charge in [0.15, 0.2) is 21.5 Å². The highest BCUT2D eigenvalue weighted by Gasteiger charge is 2.28. The molecule has 0 amide bonds. The Bertz CT molecular complexity index is 619. The normalized spacial score (nSPS) is 25.0. The van der Waals surface area contributed by atoms with Crippen molar-refractivity contribution in [1.82, 2.24) is 9.97 Å². The number of nitrogens with zero attached hydrogens (tertiary/aromatic N) is 3. The monoisotopic (exact) mass is 316 g/mol. The number of nitrogens with one attached hydrogen (secondary N) is 1. The van der Waals surface area contributed by atoms with Crippen molar-refractivity contribution in [1.29, 1.82) is 0 Å². The van der Waals surface area contributed by atoms with Gasteiger partial charge < -0.3 is 15.0 Å². The summed E-state index contributed by atoms with van der Waals surface area (Å²) < 4.78 is 42.0. The van der Waals surface area contributed by atoms with Gasteiger partial charge in [-0.1, -0.05) is 0 Å². The molecule has 2 aliphatic heterocycles. The number of rotatable bonds is 3. The summed E-state index contributed by atoms with van der Waals surface area (Å²) in [7, 11) is -2.97. The number of ether oxygens (including phenoxy) is 1. The maximum atomic E-state index is 13.9. The second kappa shape index (κ2) is 5.72. The molecule has 1 N–H and O–H groups in total. The highest BCUT2D eigenvalue weighted by atomic mass is 32.2. The largest absolute Gasteiger partial charge is 0.378 e. The molecule has 2 aliphatic rings. The van der Waals surface area contributed by atoms with E-state index in [1.54, 1.807) is 4.90 Å². The molecule has 0 radical (unpaired) electrons. The molecular weight excluding hydrogens is 299 g/mol. The van der Waals surface area contributed by atoms with Crippen LogP contribution in [0, 0.1) is 5.82 Å². The number of hydrogen-bond acceptors (Lipinski definition) is 7. The van der Waals surface area contributed by atoms with Crippen LogP contribution in [-0.4, -0.2) is 62.2 Å². The molecule has 7 nitrogen and oxygen atoms in total. The topological polar surface area (TPSA) is 84.4 Å². The van der Waals surface area contributed by atoms with E-state index in [4.69, 9.17) is 4.74 Å². The molecule has 0 bridgehead atoms. The van der Waals surface area contributed by atoms with Gasteiger partial charge in [0.05, 0.1) is 30.9 Å². The van der Waals surface area contributed by atoms with Crippen molar-refractivity contribution < 1.29 is 17.5 Å². The van der Waals surface area contributed by atoms with Crippen LogP contribution in [0.25, 0.3) is 0 Å². The van der Waals surface area contributed by atoms with Crippen molar-refractivity contribution in [2.75, 3.05) is 48.0 Å². The third kappa shape index (κ3) is 3.41. The second-order valence-electron chi connectivity index (χ2n) is 5.21. The third-order valence-corrected chi connectivity index (χ3v) is 5.37. The molecule has 116 valence electrons. The zero-order chi connectivity index (χ0) is 14.9. The Hall–Kier alpha value is -1.48. The maximum Gasteiger partial charge on any atom is 0.225 e. The molecule has 0 aliphatic carbocycles. The number of sulfone groups is 1. The molecule has 2 saturated heterocycles. The van der Waals surface area contributed by atoms with E-state index in [0.717, 1.165) is 6.20 Å². The Morgan fingerprint density at radius 3 is 2.81 bits per heavy atom. The molecular formula is C12H17FN4O3S. The molecule has 1 aromatic heterocycles. The first-order chi connectivity index (χ1) is 10.0. The minimum atomic E-state index is -2.97. The SMILES string of the molecule is O=S1(=O)CC[C@H](Nc2ncc(F)c(N3CCOCC3)n2)C1. The number of hydrogen-bond donors (Lipinski definition) is 1. The maximum absolute atomic E-state index is 13.9. The lowest BCUT2D eigenvalue weighted by molar-refractivity contribution is 0.122. The third-order valence-electron chi connectivity index (χ3n) is 3.60. The Balaban J connectivity index is 1.74. The van der Waals surface area contributed by atoms with Crippen LogP contribution in [0.5, 0.6) is 0 Å². The fourth-order valence-corrected chi connectivity index (χ4v) is 4.19. The molecule has 1 aromatic rings. The minimum Gasteiger partial charge on any atom is -0.378 e. The fraction of sp³-hybridized carbons (Fsp3) is 0.667. The second-order valence-corrected chi connectivity index (χ2v) is 7.44. The van der Waals surface area contributed by atoms with Gasteiger partial charge in [-0.3, -0.25) is 0 Å². The predicted molar refractivity (Wildman–Crippen MR) is 75.7 cm³/mol.